The van der Waals surface area contributed by atoms with Gasteiger partial charge in [0.15, 0.2) is 6.29 Å². The summed E-state index contributed by atoms with van der Waals surface area (Å²) in [4.78, 5) is 27.7. The normalized spacial score (nSPS) is 18.1. The van der Waals surface area contributed by atoms with Crippen molar-refractivity contribution in [2.45, 2.75) is 63.5 Å². The van der Waals surface area contributed by atoms with Gasteiger partial charge in [-0.25, -0.2) is 9.59 Å². The van der Waals surface area contributed by atoms with Crippen LogP contribution in [-0.4, -0.2) is 54.9 Å². The Bertz CT molecular complexity index is 1960. The van der Waals surface area contributed by atoms with Crippen molar-refractivity contribution in [3.05, 3.63) is 167 Å². The van der Waals surface area contributed by atoms with E-state index in [4.69, 9.17) is 14.2 Å². The van der Waals surface area contributed by atoms with Crippen LogP contribution < -0.4 is 10.6 Å². The second-order valence-corrected chi connectivity index (χ2v) is 13.8. The summed E-state index contributed by atoms with van der Waals surface area (Å²) < 4.78 is 18.3. The highest BCUT2D eigenvalue weighted by atomic mass is 16.7. The number of methoxy groups -OCH3 is 1. The van der Waals surface area contributed by atoms with Crippen LogP contribution >= 0.6 is 0 Å². The van der Waals surface area contributed by atoms with Crippen LogP contribution in [0.3, 0.4) is 0 Å². The Morgan fingerprint density at radius 1 is 0.796 bits per heavy atom. The molecule has 54 heavy (non-hydrogen) atoms. The molecule has 9 nitrogen and oxygen atoms in total. The molecule has 1 aliphatic heterocycles. The van der Waals surface area contributed by atoms with Gasteiger partial charge in [-0.15, -0.1) is 0 Å². The first-order valence-corrected chi connectivity index (χ1v) is 18.4. The number of ether oxygens (including phenoxy) is 3. The monoisotopic (exact) mass is 727 g/mol. The number of amides is 2. The van der Waals surface area contributed by atoms with E-state index in [2.05, 4.69) is 59.8 Å². The van der Waals surface area contributed by atoms with Crippen LogP contribution in [0.2, 0.25) is 0 Å². The van der Waals surface area contributed by atoms with Crippen molar-refractivity contribution in [3.8, 4) is 11.1 Å². The van der Waals surface area contributed by atoms with E-state index in [9.17, 15) is 14.7 Å². The maximum absolute atomic E-state index is 12.9. The lowest BCUT2D eigenvalue weighted by Gasteiger charge is -2.39. The summed E-state index contributed by atoms with van der Waals surface area (Å²) in [5.74, 6) is -0.507. The average Bonchev–Trinajstić information content (AvgIpc) is 3.22. The number of carbonyl (C=O) groups excluding carboxylic acids is 2. The Labute approximate surface area is 317 Å². The van der Waals surface area contributed by atoms with Gasteiger partial charge in [0.25, 0.3) is 0 Å². The van der Waals surface area contributed by atoms with Gasteiger partial charge in [0.05, 0.1) is 25.9 Å². The molecule has 0 aromatic heterocycles. The second-order valence-electron chi connectivity index (χ2n) is 13.8. The molecular weight excluding hydrogens is 679 g/mol. The minimum atomic E-state index is -0.817. The number of urea groups is 1. The molecule has 0 spiro atoms. The van der Waals surface area contributed by atoms with Crippen LogP contribution in [0, 0.1) is 0 Å². The molecule has 0 saturated carbocycles. The van der Waals surface area contributed by atoms with Gasteiger partial charge in [0.1, 0.15) is 6.04 Å². The van der Waals surface area contributed by atoms with E-state index < -0.39 is 24.3 Å². The maximum atomic E-state index is 12.9. The van der Waals surface area contributed by atoms with Gasteiger partial charge < -0.3 is 30.0 Å². The summed E-state index contributed by atoms with van der Waals surface area (Å²) >= 11 is 0. The summed E-state index contributed by atoms with van der Waals surface area (Å²) in [5, 5.41) is 15.3. The minimum Gasteiger partial charge on any atom is -0.467 e. The highest BCUT2D eigenvalue weighted by molar-refractivity contribution is 5.83. The first-order valence-electron chi connectivity index (χ1n) is 18.4. The molecule has 6 rings (SSSR count). The Hall–Kier alpha value is -5.32. The third kappa shape index (κ3) is 10.2. The van der Waals surface area contributed by atoms with Crippen LogP contribution in [-0.2, 0) is 38.6 Å². The summed E-state index contributed by atoms with van der Waals surface area (Å²) in [6.45, 7) is 3.18. The SMILES string of the molecule is COC(=O)[C@H](Cc1ccccc1)NC(=O)NCc1cccc(-c2cccc([C@H]3O[C@@H](CN(C)[C@@H](C)c4ccccc4)C[C@@H](c4ccc(CO)cc4)O3)c2)c1. The molecular formula is C45H49N3O6. The molecule has 5 aromatic rings. The standard InChI is InChI=1S/C45H49N3O6/c1-31(35-15-8-5-9-16-35)48(2)29-40-27-42(36-22-20-33(30-49)21-23-36)54-44(53-40)39-19-11-18-38(26-39)37-17-10-14-34(24-37)28-46-45(51)47-41(43(50)52-3)25-32-12-6-4-7-13-32/h4-24,26,31,40-42,44,49H,25,27-30H2,1-3H3,(H2,46,47,51)/t31-,40+,41-,42-,44-/m0/s1. The molecule has 0 aliphatic carbocycles. The van der Waals surface area contributed by atoms with Crippen LogP contribution in [0.4, 0.5) is 4.79 Å². The largest absolute Gasteiger partial charge is 0.467 e. The van der Waals surface area contributed by atoms with Gasteiger partial charge >= 0.3 is 12.0 Å². The van der Waals surface area contributed by atoms with Crippen LogP contribution in [0.15, 0.2) is 133 Å². The number of nitrogens with zero attached hydrogens (tertiary/aromatic N) is 1. The third-order valence-electron chi connectivity index (χ3n) is 10.00. The van der Waals surface area contributed by atoms with E-state index in [1.165, 1.54) is 12.7 Å². The molecule has 1 aliphatic rings. The number of aliphatic hydroxyl groups excluding tert-OH is 1. The Kier molecular flexibility index (Phi) is 13.2. The Morgan fingerprint density at radius 2 is 1.46 bits per heavy atom. The molecule has 1 heterocycles. The summed E-state index contributed by atoms with van der Waals surface area (Å²) in [6, 6.07) is 43.0. The van der Waals surface area contributed by atoms with Gasteiger partial charge in [-0.3, -0.25) is 4.90 Å². The van der Waals surface area contributed by atoms with Crippen molar-refractivity contribution in [2.75, 3.05) is 20.7 Å². The van der Waals surface area contributed by atoms with Gasteiger partial charge in [-0.2, -0.15) is 0 Å². The van der Waals surface area contributed by atoms with E-state index in [1.54, 1.807) is 0 Å². The van der Waals surface area contributed by atoms with Crippen LogP contribution in [0.1, 0.15) is 65.2 Å². The lowest BCUT2D eigenvalue weighted by atomic mass is 9.98. The van der Waals surface area contributed by atoms with Crippen molar-refractivity contribution in [1.29, 1.82) is 0 Å². The third-order valence-corrected chi connectivity index (χ3v) is 10.00. The molecule has 1 fully saturated rings. The van der Waals surface area contributed by atoms with Gasteiger partial charge in [-0.05, 0) is 65.0 Å². The molecule has 3 N–H and O–H groups in total. The van der Waals surface area contributed by atoms with Crippen molar-refractivity contribution >= 4 is 12.0 Å². The number of carbonyl (C=O) groups is 2. The fraction of sp³-hybridized carbons (Fsp3) is 0.289. The number of likely N-dealkylation sites (N-methyl/N-ethyl adjacent to an activating group) is 1. The van der Waals surface area contributed by atoms with Crippen LogP contribution in [0.25, 0.3) is 11.1 Å². The zero-order valence-corrected chi connectivity index (χ0v) is 31.1. The van der Waals surface area contributed by atoms with Crippen molar-refractivity contribution in [3.63, 3.8) is 0 Å². The minimum absolute atomic E-state index is 0.00972. The van der Waals surface area contributed by atoms with Crippen molar-refractivity contribution in [1.82, 2.24) is 15.5 Å². The van der Waals surface area contributed by atoms with E-state index in [0.717, 1.165) is 45.5 Å². The zero-order chi connectivity index (χ0) is 37.9. The molecule has 0 bridgehead atoms. The number of rotatable bonds is 14. The maximum Gasteiger partial charge on any atom is 0.328 e. The molecule has 9 heteroatoms. The van der Waals surface area contributed by atoms with E-state index in [1.807, 2.05) is 103 Å². The van der Waals surface area contributed by atoms with E-state index >= 15 is 0 Å². The number of nitrogens with one attached hydrogen (secondary N) is 2. The second kappa shape index (κ2) is 18.6. The fourth-order valence-electron chi connectivity index (χ4n) is 6.80. The zero-order valence-electron chi connectivity index (χ0n) is 31.1. The topological polar surface area (TPSA) is 109 Å². The molecule has 0 radical (unpaired) electrons. The van der Waals surface area contributed by atoms with E-state index in [-0.39, 0.29) is 31.4 Å². The quantitative estimate of drug-likeness (QED) is 0.101. The number of hydrogen-bond acceptors (Lipinski definition) is 7. The van der Waals surface area contributed by atoms with E-state index in [0.29, 0.717) is 12.8 Å². The predicted octanol–water partition coefficient (Wildman–Crippen LogP) is 7.67. The predicted molar refractivity (Wildman–Crippen MR) is 209 cm³/mol. The number of hydrogen-bond donors (Lipinski definition) is 3. The van der Waals surface area contributed by atoms with Crippen molar-refractivity contribution < 1.29 is 28.9 Å². The lowest BCUT2D eigenvalue weighted by Crippen LogP contribution is -2.47. The van der Waals surface area contributed by atoms with Crippen LogP contribution in [0.5, 0.6) is 0 Å². The highest BCUT2D eigenvalue weighted by Gasteiger charge is 2.33. The highest BCUT2D eigenvalue weighted by Crippen LogP contribution is 2.39. The summed E-state index contributed by atoms with van der Waals surface area (Å²) in [6.07, 6.45) is 0.118. The molecule has 0 unspecified atom stereocenters. The summed E-state index contributed by atoms with van der Waals surface area (Å²) in [5.41, 5.74) is 7.84. The Balaban J connectivity index is 1.15. The lowest BCUT2D eigenvalue weighted by molar-refractivity contribution is -0.253. The molecule has 1 saturated heterocycles. The van der Waals surface area contributed by atoms with Gasteiger partial charge in [0.2, 0.25) is 0 Å². The van der Waals surface area contributed by atoms with Gasteiger partial charge in [0, 0.05) is 37.5 Å². The first-order chi connectivity index (χ1) is 26.3. The summed E-state index contributed by atoms with van der Waals surface area (Å²) in [7, 11) is 3.44. The molecule has 5 atom stereocenters. The number of benzene rings is 5. The fourth-order valence-corrected chi connectivity index (χ4v) is 6.80. The molecule has 280 valence electrons. The molecule has 5 aromatic carbocycles. The smallest absolute Gasteiger partial charge is 0.328 e. The molecule has 2 amide bonds. The van der Waals surface area contributed by atoms with Crippen molar-refractivity contribution in [2.24, 2.45) is 0 Å². The van der Waals surface area contributed by atoms with Gasteiger partial charge in [-0.1, -0.05) is 121 Å². The number of esters is 1. The first kappa shape index (κ1) is 38.4. The average molecular weight is 728 g/mol. The Morgan fingerprint density at radius 3 is 2.17 bits per heavy atom. The number of aliphatic hydroxyl groups is 1.